The van der Waals surface area contributed by atoms with Crippen LogP contribution in [0.15, 0.2) is 18.2 Å². The Labute approximate surface area is 241 Å². The van der Waals surface area contributed by atoms with Gasteiger partial charge in [0.25, 0.3) is 5.72 Å². The molecule has 2 N–H and O–H groups in total. The van der Waals surface area contributed by atoms with Gasteiger partial charge >= 0.3 is 24.4 Å². The summed E-state index contributed by atoms with van der Waals surface area (Å²) in [4.78, 5) is 49.5. The van der Waals surface area contributed by atoms with Crippen molar-refractivity contribution < 1.29 is 52.7 Å². The maximum absolute atomic E-state index is 12.5. The van der Waals surface area contributed by atoms with Crippen molar-refractivity contribution in [3.05, 3.63) is 23.8 Å². The van der Waals surface area contributed by atoms with E-state index in [1.54, 1.807) is 20.8 Å². The van der Waals surface area contributed by atoms with Crippen LogP contribution in [0.2, 0.25) is 0 Å². The zero-order chi connectivity index (χ0) is 30.8. The minimum atomic E-state index is -2.22. The van der Waals surface area contributed by atoms with Gasteiger partial charge in [0.1, 0.15) is 0 Å². The molecule has 0 saturated heterocycles. The van der Waals surface area contributed by atoms with E-state index < -0.39 is 36.3 Å². The third-order valence-corrected chi connectivity index (χ3v) is 5.81. The van der Waals surface area contributed by atoms with E-state index in [0.29, 0.717) is 19.3 Å². The number of unbranched alkanes of at least 4 members (excludes halogenated alkanes) is 4. The van der Waals surface area contributed by atoms with Gasteiger partial charge < -0.3 is 33.5 Å². The fourth-order valence-corrected chi connectivity index (χ4v) is 3.52. The van der Waals surface area contributed by atoms with E-state index in [-0.39, 0.29) is 42.7 Å². The molecule has 41 heavy (non-hydrogen) atoms. The molecule has 0 spiro atoms. The molecule has 0 fully saturated rings. The molecule has 2 atom stereocenters. The van der Waals surface area contributed by atoms with Gasteiger partial charge in [-0.25, -0.2) is 19.2 Å². The fraction of sp³-hybridized carbons (Fsp3) is 0.655. The van der Waals surface area contributed by atoms with E-state index >= 15 is 0 Å². The first-order valence-electron chi connectivity index (χ1n) is 14.2. The lowest BCUT2D eigenvalue weighted by atomic mass is 10.00. The second-order valence-corrected chi connectivity index (χ2v) is 9.88. The highest BCUT2D eigenvalue weighted by molar-refractivity contribution is 5.80. The average molecular weight is 584 g/mol. The number of carbonyl (C=O) groups excluding carboxylic acids is 3. The molecular formula is C29H45NO11. The van der Waals surface area contributed by atoms with Crippen molar-refractivity contribution in [1.82, 2.24) is 5.32 Å². The van der Waals surface area contributed by atoms with Crippen LogP contribution in [-0.4, -0.2) is 60.6 Å². The molecule has 0 aliphatic rings. The third-order valence-electron chi connectivity index (χ3n) is 5.81. The monoisotopic (exact) mass is 583 g/mol. The Morgan fingerprint density at radius 3 is 1.88 bits per heavy atom. The Bertz CT molecular complexity index is 982. The van der Waals surface area contributed by atoms with Crippen molar-refractivity contribution in [2.24, 2.45) is 0 Å². The molecule has 1 aromatic carbocycles. The van der Waals surface area contributed by atoms with Crippen LogP contribution in [0.1, 0.15) is 92.1 Å². The lowest BCUT2D eigenvalue weighted by molar-refractivity contribution is -0.167. The SMILES string of the molecule is CCCCCOC(=O)Oc1ccc(C[C@](NC(C)CC)(OC(=O)OC(C)C)C(=O)O)cc1OC(=O)OCCCCC. The summed E-state index contributed by atoms with van der Waals surface area (Å²) in [6.45, 7) is 11.1. The Balaban J connectivity index is 3.33. The minimum absolute atomic E-state index is 0.134. The van der Waals surface area contributed by atoms with E-state index in [0.717, 1.165) is 25.7 Å². The number of hydrogen-bond acceptors (Lipinski definition) is 11. The first kappa shape index (κ1) is 35.5. The molecule has 12 heteroatoms. The maximum Gasteiger partial charge on any atom is 0.513 e. The van der Waals surface area contributed by atoms with Gasteiger partial charge in [-0.05, 0) is 57.7 Å². The molecule has 0 amide bonds. The van der Waals surface area contributed by atoms with E-state index in [2.05, 4.69) is 5.32 Å². The Hall–Kier alpha value is -3.54. The average Bonchev–Trinajstić information content (AvgIpc) is 2.89. The smallest absolute Gasteiger partial charge is 0.477 e. The molecule has 0 heterocycles. The molecule has 232 valence electrons. The highest BCUT2D eigenvalue weighted by atomic mass is 16.8. The van der Waals surface area contributed by atoms with Gasteiger partial charge in [-0.3, -0.25) is 5.32 Å². The summed E-state index contributed by atoms with van der Waals surface area (Å²) >= 11 is 0. The van der Waals surface area contributed by atoms with Gasteiger partial charge in [-0.15, -0.1) is 0 Å². The normalized spacial score (nSPS) is 13.0. The van der Waals surface area contributed by atoms with Gasteiger partial charge in [0.15, 0.2) is 11.5 Å². The Morgan fingerprint density at radius 2 is 1.39 bits per heavy atom. The number of aliphatic carboxylic acids is 1. The van der Waals surface area contributed by atoms with E-state index in [9.17, 15) is 24.3 Å². The molecule has 12 nitrogen and oxygen atoms in total. The zero-order valence-corrected chi connectivity index (χ0v) is 25.0. The lowest BCUT2D eigenvalue weighted by Gasteiger charge is -2.32. The molecule has 1 rings (SSSR count). The largest absolute Gasteiger partial charge is 0.513 e. The number of nitrogens with one attached hydrogen (secondary N) is 1. The number of carbonyl (C=O) groups is 4. The Kier molecular flexibility index (Phi) is 16.2. The topological polar surface area (TPSA) is 156 Å². The highest BCUT2D eigenvalue weighted by Gasteiger charge is 2.45. The molecule has 0 aliphatic carbocycles. The van der Waals surface area contributed by atoms with Crippen molar-refractivity contribution >= 4 is 24.4 Å². The van der Waals surface area contributed by atoms with E-state index in [4.69, 9.17) is 28.4 Å². The van der Waals surface area contributed by atoms with Crippen molar-refractivity contribution in [1.29, 1.82) is 0 Å². The predicted octanol–water partition coefficient (Wildman–Crippen LogP) is 6.37. The second-order valence-electron chi connectivity index (χ2n) is 9.88. The molecule has 0 radical (unpaired) electrons. The Morgan fingerprint density at radius 1 is 0.829 bits per heavy atom. The van der Waals surface area contributed by atoms with Gasteiger partial charge in [-0.1, -0.05) is 52.5 Å². The highest BCUT2D eigenvalue weighted by Crippen LogP contribution is 2.31. The zero-order valence-electron chi connectivity index (χ0n) is 25.0. The van der Waals surface area contributed by atoms with Crippen LogP contribution in [-0.2, 0) is 30.2 Å². The van der Waals surface area contributed by atoms with Crippen LogP contribution in [0.4, 0.5) is 14.4 Å². The minimum Gasteiger partial charge on any atom is -0.477 e. The van der Waals surface area contributed by atoms with Crippen LogP contribution >= 0.6 is 0 Å². The quantitative estimate of drug-likeness (QED) is 0.0648. The first-order chi connectivity index (χ1) is 19.5. The number of hydrogen-bond donors (Lipinski definition) is 2. The van der Waals surface area contributed by atoms with E-state index in [1.807, 2.05) is 20.8 Å². The number of carboxylic acid groups (broad SMARTS) is 1. The summed E-state index contributed by atoms with van der Waals surface area (Å²) in [6, 6.07) is 3.72. The van der Waals surface area contributed by atoms with Crippen LogP contribution in [0.5, 0.6) is 11.5 Å². The number of rotatable bonds is 18. The molecule has 0 bridgehead atoms. The van der Waals surface area contributed by atoms with Crippen LogP contribution < -0.4 is 14.8 Å². The molecule has 1 aromatic rings. The van der Waals surface area contributed by atoms with Gasteiger partial charge in [0, 0.05) is 12.5 Å². The number of benzene rings is 1. The summed E-state index contributed by atoms with van der Waals surface area (Å²) in [7, 11) is 0. The first-order valence-corrected chi connectivity index (χ1v) is 14.2. The van der Waals surface area contributed by atoms with Crippen LogP contribution in [0, 0.1) is 0 Å². The van der Waals surface area contributed by atoms with Crippen molar-refractivity contribution in [2.45, 2.75) is 111 Å². The fourth-order valence-electron chi connectivity index (χ4n) is 3.52. The number of carboxylic acids is 1. The number of ether oxygens (including phenoxy) is 6. The van der Waals surface area contributed by atoms with Crippen molar-refractivity contribution in [2.75, 3.05) is 13.2 Å². The molecule has 1 unspecified atom stereocenters. The predicted molar refractivity (Wildman–Crippen MR) is 149 cm³/mol. The third kappa shape index (κ3) is 13.6. The molecule has 0 saturated carbocycles. The summed E-state index contributed by atoms with van der Waals surface area (Å²) in [5.74, 6) is -1.82. The van der Waals surface area contributed by atoms with Gasteiger partial charge in [-0.2, -0.15) is 0 Å². The van der Waals surface area contributed by atoms with Crippen molar-refractivity contribution in [3.8, 4) is 11.5 Å². The van der Waals surface area contributed by atoms with Gasteiger partial charge in [0.05, 0.1) is 19.3 Å². The summed E-state index contributed by atoms with van der Waals surface area (Å²) in [5, 5.41) is 13.0. The summed E-state index contributed by atoms with van der Waals surface area (Å²) < 4.78 is 31.1. The molecule has 0 aromatic heterocycles. The van der Waals surface area contributed by atoms with Crippen LogP contribution in [0.3, 0.4) is 0 Å². The molecular weight excluding hydrogens is 538 g/mol. The van der Waals surface area contributed by atoms with Gasteiger partial charge in [0.2, 0.25) is 0 Å². The van der Waals surface area contributed by atoms with Crippen molar-refractivity contribution in [3.63, 3.8) is 0 Å². The van der Waals surface area contributed by atoms with Crippen LogP contribution in [0.25, 0.3) is 0 Å². The lowest BCUT2D eigenvalue weighted by Crippen LogP contribution is -2.59. The van der Waals surface area contributed by atoms with E-state index in [1.165, 1.54) is 18.2 Å². The summed E-state index contributed by atoms with van der Waals surface area (Å²) in [5.41, 5.74) is -1.95. The standard InChI is InChI=1S/C29H45NO11/c1-7-10-12-16-36-26(33)39-23-15-14-22(18-24(23)40-27(34)37-17-13-11-8-2)19-29(25(31)32,30-21(6)9-3)41-28(35)38-20(4)5/h14-15,18,20-21,30H,7-13,16-17,19H2,1-6H3,(H,31,32)/t21?,29-/m0/s1. The summed E-state index contributed by atoms with van der Waals surface area (Å²) in [6.07, 6.45) is 1.34. The second kappa shape index (κ2) is 18.7. The molecule has 0 aliphatic heterocycles. The maximum atomic E-state index is 12.5.